The lowest BCUT2D eigenvalue weighted by Crippen LogP contribution is -2.67. The molecule has 0 aromatic rings. The number of carbonyl (C=O) groups is 4. The van der Waals surface area contributed by atoms with Crippen LogP contribution in [-0.2, 0) is 33.4 Å². The van der Waals surface area contributed by atoms with Crippen LogP contribution in [0.3, 0.4) is 0 Å². The largest absolute Gasteiger partial charge is 0.466 e. The molecular weight excluding hydrogens is 592 g/mol. The Hall–Kier alpha value is -3.08. The molecule has 1 heterocycles. The van der Waals surface area contributed by atoms with Crippen LogP contribution in [0.2, 0.25) is 0 Å². The van der Waals surface area contributed by atoms with Gasteiger partial charge in [0.2, 0.25) is 0 Å². The molecule has 7 aliphatic carbocycles. The predicted molar refractivity (Wildman–Crippen MR) is 160 cm³/mol. The van der Waals surface area contributed by atoms with Crippen LogP contribution in [-0.4, -0.2) is 76.6 Å². The number of fused-ring (bicyclic) bond motifs is 7. The molecule has 0 saturated heterocycles. The molecule has 1 aliphatic heterocycles. The van der Waals surface area contributed by atoms with E-state index in [2.05, 4.69) is 6.92 Å². The fourth-order valence-corrected chi connectivity index (χ4v) is 12.0. The summed E-state index contributed by atoms with van der Waals surface area (Å²) < 4.78 is 17.4. The molecule has 5 fully saturated rings. The summed E-state index contributed by atoms with van der Waals surface area (Å²) in [6.45, 7) is 8.47. The first-order valence-electron chi connectivity index (χ1n) is 16.5. The summed E-state index contributed by atoms with van der Waals surface area (Å²) in [4.78, 5) is 54.0. The van der Waals surface area contributed by atoms with Crippen molar-refractivity contribution in [3.8, 4) is 0 Å². The number of rotatable bonds is 5. The Morgan fingerprint density at radius 2 is 1.76 bits per heavy atom. The number of ether oxygens (including phenoxy) is 3. The van der Waals surface area contributed by atoms with Gasteiger partial charge in [0, 0.05) is 39.5 Å². The highest BCUT2D eigenvalue weighted by Crippen LogP contribution is 2.83. The molecule has 10 heteroatoms. The molecule has 0 aromatic carbocycles. The van der Waals surface area contributed by atoms with Crippen molar-refractivity contribution in [2.75, 3.05) is 20.3 Å². The molecular formula is C36H42O10. The van der Waals surface area contributed by atoms with Crippen molar-refractivity contribution >= 4 is 23.7 Å². The summed E-state index contributed by atoms with van der Waals surface area (Å²) in [5.41, 5.74) is -0.159. The minimum absolute atomic E-state index is 0.0715. The predicted octanol–water partition coefficient (Wildman–Crippen LogP) is 2.51. The van der Waals surface area contributed by atoms with Crippen molar-refractivity contribution in [2.24, 2.45) is 52.3 Å². The molecule has 0 radical (unpaired) electrons. The molecule has 10 nitrogen and oxygen atoms in total. The van der Waals surface area contributed by atoms with Gasteiger partial charge in [-0.2, -0.15) is 0 Å². The van der Waals surface area contributed by atoms with E-state index in [9.17, 15) is 34.5 Å². The van der Waals surface area contributed by atoms with E-state index in [1.54, 1.807) is 20.8 Å². The first-order valence-corrected chi connectivity index (χ1v) is 16.5. The SMILES string of the molecule is COC(=O)/C(C)=C1\C(=O)[C@H](O)[C@]2(C)C3=C(C[C@@H]4[C@]5(OC(=O)C(C)=C5C[C@H]5[C@](O)(COC(=O)/C(C)=C/CO)[C@H]6C[C@H]6[C@@]45C)[C@H]31)[C@H]1C[C@H]12. The number of carbonyl (C=O) groups excluding carboxylic acids is 4. The maximum Gasteiger partial charge on any atom is 0.334 e. The van der Waals surface area contributed by atoms with E-state index < -0.39 is 57.7 Å². The van der Waals surface area contributed by atoms with Crippen molar-refractivity contribution in [2.45, 2.75) is 77.6 Å². The number of esters is 3. The van der Waals surface area contributed by atoms with E-state index in [4.69, 9.17) is 14.2 Å². The Morgan fingerprint density at radius 3 is 2.43 bits per heavy atom. The van der Waals surface area contributed by atoms with Gasteiger partial charge in [-0.25, -0.2) is 14.4 Å². The van der Waals surface area contributed by atoms with Gasteiger partial charge in [-0.3, -0.25) is 4.79 Å². The minimum Gasteiger partial charge on any atom is -0.466 e. The number of Topliss-reactive ketones (excluding diaryl/α,β-unsaturated/α-hetero) is 1. The fourth-order valence-electron chi connectivity index (χ4n) is 12.0. The van der Waals surface area contributed by atoms with Crippen LogP contribution < -0.4 is 0 Å². The summed E-state index contributed by atoms with van der Waals surface area (Å²) in [6, 6.07) is 0. The van der Waals surface area contributed by atoms with E-state index in [1.165, 1.54) is 18.8 Å². The molecule has 5 saturated carbocycles. The smallest absolute Gasteiger partial charge is 0.334 e. The van der Waals surface area contributed by atoms with E-state index in [0.717, 1.165) is 24.0 Å². The zero-order valence-electron chi connectivity index (χ0n) is 27.1. The Bertz CT molecular complexity index is 1680. The number of hydrogen-bond acceptors (Lipinski definition) is 10. The van der Waals surface area contributed by atoms with Crippen LogP contribution in [0.25, 0.3) is 0 Å². The van der Waals surface area contributed by atoms with Crippen molar-refractivity contribution in [1.29, 1.82) is 0 Å². The third-order valence-corrected chi connectivity index (χ3v) is 14.3. The maximum absolute atomic E-state index is 14.4. The van der Waals surface area contributed by atoms with E-state index >= 15 is 0 Å². The third-order valence-electron chi connectivity index (χ3n) is 14.3. The molecule has 246 valence electrons. The third kappa shape index (κ3) is 3.19. The summed E-state index contributed by atoms with van der Waals surface area (Å²) in [5.74, 6) is -3.44. The molecule has 0 aromatic heterocycles. The lowest BCUT2D eigenvalue weighted by Gasteiger charge is -2.63. The first-order chi connectivity index (χ1) is 21.6. The first kappa shape index (κ1) is 30.3. The normalized spacial score (nSPS) is 48.5. The Kier molecular flexibility index (Phi) is 5.97. The van der Waals surface area contributed by atoms with Crippen molar-refractivity contribution < 1.29 is 48.7 Å². The molecule has 1 spiro atoms. The van der Waals surface area contributed by atoms with Crippen molar-refractivity contribution in [3.05, 3.63) is 45.1 Å². The molecule has 46 heavy (non-hydrogen) atoms. The van der Waals surface area contributed by atoms with Crippen LogP contribution in [0, 0.1) is 52.3 Å². The molecule has 12 atom stereocenters. The topological polar surface area (TPSA) is 157 Å². The minimum atomic E-state index is -1.35. The molecule has 0 amide bonds. The van der Waals surface area contributed by atoms with Gasteiger partial charge >= 0.3 is 17.9 Å². The number of aliphatic hydroxyl groups is 3. The van der Waals surface area contributed by atoms with Crippen LogP contribution in [0.1, 0.15) is 60.3 Å². The van der Waals surface area contributed by atoms with Crippen molar-refractivity contribution in [3.63, 3.8) is 0 Å². The average Bonchev–Trinajstić information content (AvgIpc) is 3.94. The number of ketones is 1. The number of aliphatic hydroxyl groups excluding tert-OH is 2. The molecule has 0 unspecified atom stereocenters. The Balaban J connectivity index is 1.32. The van der Waals surface area contributed by atoms with Gasteiger partial charge in [0.15, 0.2) is 5.78 Å². The molecule has 0 bridgehead atoms. The van der Waals surface area contributed by atoms with Gasteiger partial charge in [0.05, 0.1) is 19.6 Å². The highest BCUT2D eigenvalue weighted by Gasteiger charge is 2.84. The van der Waals surface area contributed by atoms with E-state index in [-0.39, 0.29) is 65.4 Å². The highest BCUT2D eigenvalue weighted by molar-refractivity contribution is 6.09. The monoisotopic (exact) mass is 634 g/mol. The van der Waals surface area contributed by atoms with Gasteiger partial charge < -0.3 is 29.5 Å². The second kappa shape index (κ2) is 9.08. The van der Waals surface area contributed by atoms with Crippen molar-refractivity contribution in [1.82, 2.24) is 0 Å². The molecule has 8 aliphatic rings. The zero-order chi connectivity index (χ0) is 33.0. The lowest BCUT2D eigenvalue weighted by atomic mass is 9.42. The second-order valence-electron chi connectivity index (χ2n) is 15.7. The molecule has 3 N–H and O–H groups in total. The summed E-state index contributed by atoms with van der Waals surface area (Å²) >= 11 is 0. The number of methoxy groups -OCH3 is 1. The lowest BCUT2D eigenvalue weighted by molar-refractivity contribution is -0.191. The summed E-state index contributed by atoms with van der Waals surface area (Å²) in [7, 11) is 1.26. The highest BCUT2D eigenvalue weighted by atomic mass is 16.6. The fraction of sp³-hybridized carbons (Fsp3) is 0.667. The second-order valence-corrected chi connectivity index (χ2v) is 15.7. The summed E-state index contributed by atoms with van der Waals surface area (Å²) in [5, 5.41) is 33.4. The van der Waals surface area contributed by atoms with Crippen LogP contribution >= 0.6 is 0 Å². The standard InChI is InChI=1S/C36H42O10/c1-14(7-8-37)30(40)45-13-35(43)22-11-21(22)33(4)23(35)12-19-15(2)32(42)46-36(19)24(33)10-18-17-9-20(17)34(5)26(18)27(36)25(28(38)29(34)39)16(3)31(41)44-6/h7,17,20-24,27,29,37,39,43H,8-13H2,1-6H3/b14-7+,25-16-/t17-,20-,21-,22+,23-,24+,27+,29+,33-,34+,35+,36+/m1/s1. The maximum atomic E-state index is 14.4. The number of allylic oxidation sites excluding steroid dienone is 1. The van der Waals surface area contributed by atoms with Gasteiger partial charge in [-0.15, -0.1) is 0 Å². The van der Waals surface area contributed by atoms with E-state index in [1.807, 2.05) is 6.92 Å². The van der Waals surface area contributed by atoms with Crippen LogP contribution in [0.15, 0.2) is 45.1 Å². The zero-order valence-corrected chi connectivity index (χ0v) is 27.1. The molecule has 8 rings (SSSR count). The average molecular weight is 635 g/mol. The Morgan fingerprint density at radius 1 is 1.04 bits per heavy atom. The Labute approximate surface area is 267 Å². The van der Waals surface area contributed by atoms with Crippen LogP contribution in [0.5, 0.6) is 0 Å². The quantitative estimate of drug-likeness (QED) is 0.178. The van der Waals surface area contributed by atoms with E-state index in [0.29, 0.717) is 18.4 Å². The number of hydrogen-bond donors (Lipinski definition) is 3. The summed E-state index contributed by atoms with van der Waals surface area (Å²) in [6.07, 6.45) is 2.55. The van der Waals surface area contributed by atoms with Gasteiger partial charge in [0.1, 0.15) is 23.9 Å². The van der Waals surface area contributed by atoms with Crippen LogP contribution in [0.4, 0.5) is 0 Å². The van der Waals surface area contributed by atoms with Gasteiger partial charge in [0.25, 0.3) is 0 Å². The van der Waals surface area contributed by atoms with Gasteiger partial charge in [-0.1, -0.05) is 19.4 Å². The van der Waals surface area contributed by atoms with Gasteiger partial charge in [-0.05, 0) is 92.8 Å².